The van der Waals surface area contributed by atoms with Gasteiger partial charge in [0.1, 0.15) is 0 Å². The number of hydrogen-bond acceptors (Lipinski definition) is 1. The molecule has 0 aliphatic carbocycles. The molecule has 3 atom stereocenters. The molecule has 0 spiro atoms. The van der Waals surface area contributed by atoms with Gasteiger partial charge in [0.05, 0.1) is 0 Å². The summed E-state index contributed by atoms with van der Waals surface area (Å²) in [7, 11) is 0. The summed E-state index contributed by atoms with van der Waals surface area (Å²) in [5.41, 5.74) is 0. The van der Waals surface area contributed by atoms with E-state index in [1.54, 1.807) is 0 Å². The normalized spacial score (nSPS) is 15.0. The first-order valence-electron chi connectivity index (χ1n) is 7.59. The smallest absolute Gasteiger partial charge is 0.0459 e. The summed E-state index contributed by atoms with van der Waals surface area (Å²) < 4.78 is 0. The molecule has 1 heteroatoms. The van der Waals surface area contributed by atoms with Crippen molar-refractivity contribution in [2.75, 3.05) is 6.61 Å². The van der Waals surface area contributed by atoms with Crippen molar-refractivity contribution in [3.8, 4) is 0 Å². The molecule has 0 rings (SSSR count). The third kappa shape index (κ3) is 13.9. The van der Waals surface area contributed by atoms with Gasteiger partial charge >= 0.3 is 0 Å². The zero-order valence-corrected chi connectivity index (χ0v) is 13.9. The van der Waals surface area contributed by atoms with Gasteiger partial charge in [-0.25, -0.2) is 0 Å². The lowest BCUT2D eigenvalue weighted by Gasteiger charge is -2.21. The molecule has 1 nitrogen and oxygen atoms in total. The van der Waals surface area contributed by atoms with Crippen LogP contribution in [-0.4, -0.2) is 11.7 Å². The van der Waals surface area contributed by atoms with Crippen molar-refractivity contribution in [2.45, 2.75) is 75.2 Å². The van der Waals surface area contributed by atoms with E-state index in [1.807, 2.05) is 27.7 Å². The highest BCUT2D eigenvalue weighted by Crippen LogP contribution is 2.22. The van der Waals surface area contributed by atoms with E-state index >= 15 is 0 Å². The summed E-state index contributed by atoms with van der Waals surface area (Å²) in [5, 5.41) is 8.98. The van der Waals surface area contributed by atoms with E-state index < -0.39 is 0 Å². The predicted molar refractivity (Wildman–Crippen MR) is 81.3 cm³/mol. The van der Waals surface area contributed by atoms with Crippen LogP contribution in [-0.2, 0) is 0 Å². The summed E-state index contributed by atoms with van der Waals surface area (Å²) in [6.07, 6.45) is 2.55. The number of rotatable bonds is 6. The van der Waals surface area contributed by atoms with Crippen LogP contribution < -0.4 is 0 Å². The Hall–Kier alpha value is -0.0400. The van der Waals surface area contributed by atoms with Crippen LogP contribution in [0.1, 0.15) is 75.2 Å². The topological polar surface area (TPSA) is 20.2 Å². The van der Waals surface area contributed by atoms with Gasteiger partial charge in [0.2, 0.25) is 0 Å². The minimum Gasteiger partial charge on any atom is -0.396 e. The Kier molecular flexibility index (Phi) is 20.8. The Balaban J connectivity index is -0.000000439. The molecule has 17 heavy (non-hydrogen) atoms. The molecule has 0 aliphatic heterocycles. The maximum Gasteiger partial charge on any atom is 0.0459 e. The third-order valence-electron chi connectivity index (χ3n) is 3.47. The molecule has 0 aromatic rings. The Labute approximate surface area is 111 Å². The molecule has 0 aromatic carbocycles. The van der Waals surface area contributed by atoms with Crippen LogP contribution in [0.2, 0.25) is 0 Å². The highest BCUT2D eigenvalue weighted by Gasteiger charge is 2.13. The molecule has 108 valence electrons. The second kappa shape index (κ2) is 16.0. The van der Waals surface area contributed by atoms with E-state index in [0.717, 1.165) is 11.8 Å². The summed E-state index contributed by atoms with van der Waals surface area (Å²) in [5.74, 6) is 2.72. The lowest BCUT2D eigenvalue weighted by Crippen LogP contribution is -2.14. The van der Waals surface area contributed by atoms with Crippen molar-refractivity contribution in [1.29, 1.82) is 0 Å². The van der Waals surface area contributed by atoms with Gasteiger partial charge in [0.15, 0.2) is 0 Å². The first kappa shape index (κ1) is 22.2. The first-order valence-corrected chi connectivity index (χ1v) is 7.59. The number of hydrogen-bond donors (Lipinski definition) is 1. The molecule has 0 saturated carbocycles. The van der Waals surface area contributed by atoms with Gasteiger partial charge in [-0.15, -0.1) is 0 Å². The van der Waals surface area contributed by atoms with Crippen molar-refractivity contribution in [1.82, 2.24) is 0 Å². The molecule has 0 heterocycles. The monoisotopic (exact) mass is 246 g/mol. The van der Waals surface area contributed by atoms with E-state index in [9.17, 15) is 0 Å². The summed E-state index contributed by atoms with van der Waals surface area (Å²) in [4.78, 5) is 0. The lowest BCUT2D eigenvalue weighted by atomic mass is 9.86. The standard InChI is InChI=1S/C12H26O.2C2H6/c1-9(2)10(3)6-7-11(4)12(5)8-13;2*1-2/h9-13H,6-8H2,1-5H3;2*1-2H3. The molecule has 0 radical (unpaired) electrons. The Bertz CT molecular complexity index is 121. The summed E-state index contributed by atoms with van der Waals surface area (Å²) >= 11 is 0. The van der Waals surface area contributed by atoms with Gasteiger partial charge < -0.3 is 5.11 Å². The second-order valence-electron chi connectivity index (χ2n) is 4.94. The van der Waals surface area contributed by atoms with Gasteiger partial charge in [-0.05, 0) is 23.7 Å². The molecule has 3 unspecified atom stereocenters. The van der Waals surface area contributed by atoms with Crippen LogP contribution in [0.15, 0.2) is 0 Å². The van der Waals surface area contributed by atoms with Crippen molar-refractivity contribution >= 4 is 0 Å². The van der Waals surface area contributed by atoms with Gasteiger partial charge in [0, 0.05) is 6.61 Å². The van der Waals surface area contributed by atoms with Crippen LogP contribution in [0.5, 0.6) is 0 Å². The quantitative estimate of drug-likeness (QED) is 0.667. The van der Waals surface area contributed by atoms with E-state index in [2.05, 4.69) is 34.6 Å². The zero-order valence-electron chi connectivity index (χ0n) is 13.9. The Morgan fingerprint density at radius 3 is 1.29 bits per heavy atom. The fraction of sp³-hybridized carbons (Fsp3) is 1.00. The highest BCUT2D eigenvalue weighted by molar-refractivity contribution is 4.64. The number of aliphatic hydroxyl groups excluding tert-OH is 1. The molecule has 0 fully saturated rings. The third-order valence-corrected chi connectivity index (χ3v) is 3.47. The average Bonchev–Trinajstić information content (AvgIpc) is 2.38. The lowest BCUT2D eigenvalue weighted by molar-refractivity contribution is 0.183. The van der Waals surface area contributed by atoms with Crippen molar-refractivity contribution < 1.29 is 5.11 Å². The van der Waals surface area contributed by atoms with Gasteiger partial charge in [-0.3, -0.25) is 0 Å². The average molecular weight is 246 g/mol. The maximum atomic E-state index is 8.98. The minimum absolute atomic E-state index is 0.331. The maximum absolute atomic E-state index is 8.98. The fourth-order valence-electron chi connectivity index (χ4n) is 1.32. The minimum atomic E-state index is 0.331. The largest absolute Gasteiger partial charge is 0.396 e. The van der Waals surface area contributed by atoms with Gasteiger partial charge in [0.25, 0.3) is 0 Å². The van der Waals surface area contributed by atoms with Crippen LogP contribution in [0, 0.1) is 23.7 Å². The van der Waals surface area contributed by atoms with Crippen LogP contribution in [0.3, 0.4) is 0 Å². The molecular formula is C16H38O. The Morgan fingerprint density at radius 2 is 1.00 bits per heavy atom. The summed E-state index contributed by atoms with van der Waals surface area (Å²) in [6.45, 7) is 19.6. The molecular weight excluding hydrogens is 208 g/mol. The van der Waals surface area contributed by atoms with E-state index in [1.165, 1.54) is 12.8 Å². The Morgan fingerprint density at radius 1 is 0.647 bits per heavy atom. The van der Waals surface area contributed by atoms with Crippen LogP contribution >= 0.6 is 0 Å². The zero-order chi connectivity index (χ0) is 14.4. The van der Waals surface area contributed by atoms with E-state index in [-0.39, 0.29) is 0 Å². The molecule has 1 N–H and O–H groups in total. The van der Waals surface area contributed by atoms with Crippen molar-refractivity contribution in [3.05, 3.63) is 0 Å². The molecule has 0 aliphatic rings. The highest BCUT2D eigenvalue weighted by atomic mass is 16.3. The summed E-state index contributed by atoms with van der Waals surface area (Å²) in [6, 6.07) is 0. The van der Waals surface area contributed by atoms with Crippen LogP contribution in [0.4, 0.5) is 0 Å². The molecule has 0 saturated heterocycles. The fourth-order valence-corrected chi connectivity index (χ4v) is 1.32. The van der Waals surface area contributed by atoms with Gasteiger partial charge in [-0.1, -0.05) is 75.2 Å². The van der Waals surface area contributed by atoms with E-state index in [0.29, 0.717) is 18.4 Å². The second-order valence-corrected chi connectivity index (χ2v) is 4.94. The molecule has 0 amide bonds. The van der Waals surface area contributed by atoms with Crippen molar-refractivity contribution in [2.24, 2.45) is 23.7 Å². The number of aliphatic hydroxyl groups is 1. The van der Waals surface area contributed by atoms with E-state index in [4.69, 9.17) is 5.11 Å². The molecule has 0 aromatic heterocycles. The molecule has 0 bridgehead atoms. The SMILES string of the molecule is CC.CC.CC(C)C(C)CCC(C)C(C)CO. The predicted octanol–water partition coefficient (Wildman–Crippen LogP) is 5.38. The van der Waals surface area contributed by atoms with Crippen molar-refractivity contribution in [3.63, 3.8) is 0 Å². The van der Waals surface area contributed by atoms with Gasteiger partial charge in [-0.2, -0.15) is 0 Å². The van der Waals surface area contributed by atoms with Crippen LogP contribution in [0.25, 0.3) is 0 Å². The first-order chi connectivity index (χ1) is 7.99.